The molecule has 0 aliphatic rings. The quantitative estimate of drug-likeness (QED) is 0.780. The van der Waals surface area contributed by atoms with Crippen molar-refractivity contribution in [2.75, 3.05) is 27.7 Å². The molecule has 0 spiro atoms. The molecule has 0 saturated carbocycles. The molecule has 2 aromatic carbocycles. The first-order chi connectivity index (χ1) is 12.5. The van der Waals surface area contributed by atoms with Crippen LogP contribution in [0.3, 0.4) is 0 Å². The normalized spacial score (nSPS) is 10.9. The lowest BCUT2D eigenvalue weighted by molar-refractivity contribution is 0.172. The maximum atomic E-state index is 11.6. The second-order valence-electron chi connectivity index (χ2n) is 5.95. The molecular formula is C20H24ClN3O3. The summed E-state index contributed by atoms with van der Waals surface area (Å²) in [5.41, 5.74) is 1.70. The van der Waals surface area contributed by atoms with Gasteiger partial charge in [0.15, 0.2) is 0 Å². The van der Waals surface area contributed by atoms with Crippen LogP contribution < -0.4 is 14.8 Å². The Kier molecular flexibility index (Phi) is 9.14. The lowest BCUT2D eigenvalue weighted by Gasteiger charge is -2.18. The van der Waals surface area contributed by atoms with Crippen LogP contribution in [0.5, 0.6) is 11.5 Å². The van der Waals surface area contributed by atoms with Crippen molar-refractivity contribution in [1.82, 2.24) is 10.2 Å². The number of benzene rings is 2. The van der Waals surface area contributed by atoms with E-state index in [9.17, 15) is 4.79 Å². The van der Waals surface area contributed by atoms with E-state index in [1.807, 2.05) is 19.2 Å². The van der Waals surface area contributed by atoms with Crippen molar-refractivity contribution in [3.8, 4) is 17.6 Å². The first-order valence-electron chi connectivity index (χ1n) is 8.33. The van der Waals surface area contributed by atoms with Gasteiger partial charge in [0.05, 0.1) is 18.2 Å². The molecule has 0 fully saturated rings. The zero-order chi connectivity index (χ0) is 18.9. The number of hydrogen-bond acceptors (Lipinski definition) is 5. The molecule has 1 N–H and O–H groups in total. The van der Waals surface area contributed by atoms with Crippen molar-refractivity contribution in [1.29, 1.82) is 5.26 Å². The maximum absolute atomic E-state index is 11.6. The third kappa shape index (κ3) is 6.81. The van der Waals surface area contributed by atoms with Crippen molar-refractivity contribution in [2.24, 2.45) is 0 Å². The fourth-order valence-corrected chi connectivity index (χ4v) is 2.36. The van der Waals surface area contributed by atoms with Gasteiger partial charge in [0.1, 0.15) is 11.5 Å². The first kappa shape index (κ1) is 22.3. The number of halogens is 1. The predicted molar refractivity (Wildman–Crippen MR) is 106 cm³/mol. The Bertz CT molecular complexity index is 756. The van der Waals surface area contributed by atoms with Crippen LogP contribution in [0.25, 0.3) is 0 Å². The summed E-state index contributed by atoms with van der Waals surface area (Å²) in [6, 6.07) is 16.7. The van der Waals surface area contributed by atoms with E-state index in [-0.39, 0.29) is 18.4 Å². The molecule has 27 heavy (non-hydrogen) atoms. The zero-order valence-electron chi connectivity index (χ0n) is 15.6. The van der Waals surface area contributed by atoms with Crippen molar-refractivity contribution in [3.05, 3.63) is 59.7 Å². The predicted octanol–water partition coefficient (Wildman–Crippen LogP) is 3.77. The molecule has 0 saturated heterocycles. The first-order valence-corrected chi connectivity index (χ1v) is 8.33. The Morgan fingerprint density at radius 1 is 1.11 bits per heavy atom. The van der Waals surface area contributed by atoms with E-state index in [1.165, 1.54) is 4.90 Å². The van der Waals surface area contributed by atoms with Crippen LogP contribution in [0, 0.1) is 11.3 Å². The molecule has 0 radical (unpaired) electrons. The maximum Gasteiger partial charge on any atom is 0.414 e. The molecule has 0 aliphatic carbocycles. The largest absolute Gasteiger partial charge is 0.494 e. The van der Waals surface area contributed by atoms with Crippen molar-refractivity contribution in [3.63, 3.8) is 0 Å². The summed E-state index contributed by atoms with van der Waals surface area (Å²) in [5.74, 6) is 1.25. The number of nitrogens with zero attached hydrogens (tertiary/aromatic N) is 2. The average Bonchev–Trinajstić information content (AvgIpc) is 2.66. The monoisotopic (exact) mass is 389 g/mol. The number of ether oxygens (including phenoxy) is 2. The minimum atomic E-state index is -0.404. The van der Waals surface area contributed by atoms with Gasteiger partial charge in [0.25, 0.3) is 0 Å². The van der Waals surface area contributed by atoms with Gasteiger partial charge < -0.3 is 19.7 Å². The van der Waals surface area contributed by atoms with Crippen LogP contribution in [0.1, 0.15) is 23.6 Å². The molecule has 1 atom stereocenters. The van der Waals surface area contributed by atoms with Gasteiger partial charge in [-0.05, 0) is 49.0 Å². The van der Waals surface area contributed by atoms with Crippen molar-refractivity contribution < 1.29 is 14.3 Å². The van der Waals surface area contributed by atoms with Crippen LogP contribution in [0.15, 0.2) is 48.5 Å². The summed E-state index contributed by atoms with van der Waals surface area (Å²) in [5, 5.41) is 12.1. The molecule has 1 unspecified atom stereocenters. The highest BCUT2D eigenvalue weighted by molar-refractivity contribution is 5.85. The highest BCUT2D eigenvalue weighted by Gasteiger charge is 2.11. The summed E-state index contributed by atoms with van der Waals surface area (Å²) in [6.07, 6.45) is 0.367. The SMILES string of the molecule is CNC(CCOc1ccc(C#N)cc1)c1ccc(OC(=O)N(C)C)cc1.Cl. The number of hydrogen-bond donors (Lipinski definition) is 1. The Morgan fingerprint density at radius 3 is 2.22 bits per heavy atom. The van der Waals surface area contributed by atoms with Crippen molar-refractivity contribution in [2.45, 2.75) is 12.5 Å². The standard InChI is InChI=1S/C20H23N3O3.ClH/c1-22-19(12-13-25-17-8-4-15(14-21)5-9-17)16-6-10-18(11-7-16)26-20(24)23(2)3;/h4-11,19,22H,12-13H2,1-3H3;1H. The van der Waals surface area contributed by atoms with E-state index < -0.39 is 6.09 Å². The molecule has 1 amide bonds. The summed E-state index contributed by atoms with van der Waals surface area (Å²) in [6.45, 7) is 0.536. The van der Waals surface area contributed by atoms with Crippen LogP contribution in [0.4, 0.5) is 4.79 Å². The minimum absolute atomic E-state index is 0. The highest BCUT2D eigenvalue weighted by Crippen LogP contribution is 2.21. The molecule has 0 heterocycles. The van der Waals surface area contributed by atoms with E-state index in [2.05, 4.69) is 11.4 Å². The molecular weight excluding hydrogens is 366 g/mol. The van der Waals surface area contributed by atoms with Gasteiger partial charge in [-0.3, -0.25) is 0 Å². The summed E-state index contributed by atoms with van der Waals surface area (Å²) >= 11 is 0. The fraction of sp³-hybridized carbons (Fsp3) is 0.300. The Labute approximate surface area is 166 Å². The van der Waals surface area contributed by atoms with Gasteiger partial charge in [-0.25, -0.2) is 4.79 Å². The second kappa shape index (κ2) is 11.1. The van der Waals surface area contributed by atoms with E-state index in [0.717, 1.165) is 17.7 Å². The average molecular weight is 390 g/mol. The van der Waals surface area contributed by atoms with Gasteiger partial charge >= 0.3 is 6.09 Å². The Morgan fingerprint density at radius 2 is 1.70 bits per heavy atom. The van der Waals surface area contributed by atoms with Crippen LogP contribution in [-0.4, -0.2) is 38.7 Å². The van der Waals surface area contributed by atoms with Crippen molar-refractivity contribution >= 4 is 18.5 Å². The number of amides is 1. The summed E-state index contributed by atoms with van der Waals surface area (Å²) in [7, 11) is 5.18. The van der Waals surface area contributed by atoms with E-state index in [0.29, 0.717) is 17.9 Å². The van der Waals surface area contributed by atoms with E-state index in [4.69, 9.17) is 14.7 Å². The molecule has 144 valence electrons. The molecule has 6 nitrogen and oxygen atoms in total. The van der Waals surface area contributed by atoms with Gasteiger partial charge in [-0.2, -0.15) is 5.26 Å². The second-order valence-corrected chi connectivity index (χ2v) is 5.95. The third-order valence-corrected chi connectivity index (χ3v) is 3.86. The lowest BCUT2D eigenvalue weighted by Crippen LogP contribution is -2.25. The van der Waals surface area contributed by atoms with Crippen LogP contribution in [-0.2, 0) is 0 Å². The van der Waals surface area contributed by atoms with Gasteiger partial charge in [0.2, 0.25) is 0 Å². The van der Waals surface area contributed by atoms with Crippen LogP contribution >= 0.6 is 12.4 Å². The topological polar surface area (TPSA) is 74.6 Å². The minimum Gasteiger partial charge on any atom is -0.494 e. The van der Waals surface area contributed by atoms with Gasteiger partial charge in [-0.15, -0.1) is 12.4 Å². The number of nitrogens with one attached hydrogen (secondary N) is 1. The molecule has 2 rings (SSSR count). The molecule has 0 aliphatic heterocycles. The molecule has 0 bridgehead atoms. The van der Waals surface area contributed by atoms with E-state index in [1.54, 1.807) is 50.5 Å². The third-order valence-electron chi connectivity index (χ3n) is 3.86. The molecule has 0 aromatic heterocycles. The lowest BCUT2D eigenvalue weighted by atomic mass is 10.0. The zero-order valence-corrected chi connectivity index (χ0v) is 16.5. The number of carbonyl (C=O) groups is 1. The number of rotatable bonds is 7. The van der Waals surface area contributed by atoms with Gasteiger partial charge in [-0.1, -0.05) is 12.1 Å². The highest BCUT2D eigenvalue weighted by atomic mass is 35.5. The molecule has 2 aromatic rings. The summed E-state index contributed by atoms with van der Waals surface area (Å²) in [4.78, 5) is 12.9. The van der Waals surface area contributed by atoms with Crippen LogP contribution in [0.2, 0.25) is 0 Å². The Hall–Kier alpha value is -2.75. The molecule has 7 heteroatoms. The Balaban J connectivity index is 0.00000364. The number of nitriles is 1. The van der Waals surface area contributed by atoms with Gasteiger partial charge in [0, 0.05) is 26.6 Å². The smallest absolute Gasteiger partial charge is 0.414 e. The fourth-order valence-electron chi connectivity index (χ4n) is 2.36. The number of carbonyl (C=O) groups excluding carboxylic acids is 1. The van der Waals surface area contributed by atoms with E-state index >= 15 is 0 Å². The summed E-state index contributed by atoms with van der Waals surface area (Å²) < 4.78 is 11.0.